The summed E-state index contributed by atoms with van der Waals surface area (Å²) in [6, 6.07) is 0. The van der Waals surface area contributed by atoms with Gasteiger partial charge in [-0.1, -0.05) is 0 Å². The molecule has 2 heterocycles. The SMILES string of the molecule is CN1CCn2c3c(c(F)c2C1O)CCCC3. The molecule has 3 rings (SSSR count). The fourth-order valence-electron chi connectivity index (χ4n) is 2.94. The standard InChI is InChI=1S/C12H17FN2O/c1-14-6-7-15-9-5-3-2-4-8(9)10(13)11(15)12(14)16/h12,16H,2-7H2,1H3. The van der Waals surface area contributed by atoms with Gasteiger partial charge in [0.25, 0.3) is 0 Å². The van der Waals surface area contributed by atoms with Crippen molar-refractivity contribution in [3.05, 3.63) is 22.8 Å². The highest BCUT2D eigenvalue weighted by molar-refractivity contribution is 5.34. The van der Waals surface area contributed by atoms with E-state index in [4.69, 9.17) is 0 Å². The molecule has 0 radical (unpaired) electrons. The molecule has 2 aliphatic rings. The Bertz CT molecular complexity index is 427. The predicted molar refractivity (Wildman–Crippen MR) is 58.6 cm³/mol. The number of fused-ring (bicyclic) bond motifs is 3. The first-order valence-corrected chi connectivity index (χ1v) is 5.98. The third kappa shape index (κ3) is 1.26. The largest absolute Gasteiger partial charge is 0.372 e. The molecule has 4 heteroatoms. The fraction of sp³-hybridized carbons (Fsp3) is 0.667. The second-order valence-corrected chi connectivity index (χ2v) is 4.84. The first-order chi connectivity index (χ1) is 7.70. The number of hydrogen-bond donors (Lipinski definition) is 1. The monoisotopic (exact) mass is 224 g/mol. The Morgan fingerprint density at radius 1 is 1.25 bits per heavy atom. The number of aliphatic hydroxyl groups excluding tert-OH is 1. The zero-order valence-corrected chi connectivity index (χ0v) is 9.54. The number of halogens is 1. The second-order valence-electron chi connectivity index (χ2n) is 4.84. The molecule has 0 fully saturated rings. The molecule has 88 valence electrons. The summed E-state index contributed by atoms with van der Waals surface area (Å²) in [4.78, 5) is 1.80. The second kappa shape index (κ2) is 3.57. The first kappa shape index (κ1) is 10.3. The molecule has 0 saturated heterocycles. The van der Waals surface area contributed by atoms with Crippen molar-refractivity contribution in [2.24, 2.45) is 0 Å². The topological polar surface area (TPSA) is 28.4 Å². The van der Waals surface area contributed by atoms with Crippen LogP contribution in [0.4, 0.5) is 4.39 Å². The van der Waals surface area contributed by atoms with E-state index in [1.54, 1.807) is 4.90 Å². The molecule has 1 atom stereocenters. The van der Waals surface area contributed by atoms with Crippen LogP contribution in [0.1, 0.15) is 36.0 Å². The Morgan fingerprint density at radius 2 is 2.00 bits per heavy atom. The molecule has 1 aliphatic heterocycles. The number of hydrogen-bond acceptors (Lipinski definition) is 2. The van der Waals surface area contributed by atoms with Gasteiger partial charge in [0.2, 0.25) is 0 Å². The molecule has 3 nitrogen and oxygen atoms in total. The van der Waals surface area contributed by atoms with Crippen molar-refractivity contribution in [3.63, 3.8) is 0 Å². The van der Waals surface area contributed by atoms with Gasteiger partial charge in [0, 0.05) is 24.3 Å². The van der Waals surface area contributed by atoms with Gasteiger partial charge in [0.05, 0.1) is 5.69 Å². The summed E-state index contributed by atoms with van der Waals surface area (Å²) in [5.74, 6) is -0.159. The van der Waals surface area contributed by atoms with Crippen LogP contribution in [0.2, 0.25) is 0 Å². The molecule has 0 aromatic carbocycles. The Hall–Kier alpha value is -0.870. The molecular weight excluding hydrogens is 207 g/mol. The number of likely N-dealkylation sites (N-methyl/N-ethyl adjacent to an activating group) is 1. The Labute approximate surface area is 94.5 Å². The lowest BCUT2D eigenvalue weighted by atomic mass is 9.97. The van der Waals surface area contributed by atoms with Crippen molar-refractivity contribution in [2.45, 2.75) is 38.5 Å². The minimum Gasteiger partial charge on any atom is -0.372 e. The zero-order chi connectivity index (χ0) is 11.3. The highest BCUT2D eigenvalue weighted by atomic mass is 19.1. The molecule has 1 unspecified atom stereocenters. The van der Waals surface area contributed by atoms with Gasteiger partial charge in [-0.25, -0.2) is 4.39 Å². The van der Waals surface area contributed by atoms with Crippen molar-refractivity contribution in [3.8, 4) is 0 Å². The summed E-state index contributed by atoms with van der Waals surface area (Å²) < 4.78 is 16.2. The summed E-state index contributed by atoms with van der Waals surface area (Å²) in [6.45, 7) is 1.59. The van der Waals surface area contributed by atoms with Gasteiger partial charge in [0.1, 0.15) is 0 Å². The van der Waals surface area contributed by atoms with Crippen molar-refractivity contribution in [1.82, 2.24) is 9.47 Å². The van der Waals surface area contributed by atoms with Crippen LogP contribution in [0.15, 0.2) is 0 Å². The van der Waals surface area contributed by atoms with Gasteiger partial charge < -0.3 is 9.67 Å². The molecule has 1 aromatic rings. The predicted octanol–water partition coefficient (Wildman–Crippen LogP) is 1.44. The Morgan fingerprint density at radius 3 is 2.81 bits per heavy atom. The lowest BCUT2D eigenvalue weighted by Gasteiger charge is -2.31. The van der Waals surface area contributed by atoms with Crippen LogP contribution >= 0.6 is 0 Å². The van der Waals surface area contributed by atoms with Gasteiger partial charge in [-0.2, -0.15) is 0 Å². The summed E-state index contributed by atoms with van der Waals surface area (Å²) in [5.41, 5.74) is 2.47. The molecule has 0 amide bonds. The van der Waals surface area contributed by atoms with Crippen molar-refractivity contribution >= 4 is 0 Å². The van der Waals surface area contributed by atoms with E-state index in [-0.39, 0.29) is 5.82 Å². The average Bonchev–Trinajstić information content (AvgIpc) is 2.59. The molecule has 0 spiro atoms. The molecular formula is C12H17FN2O. The van der Waals surface area contributed by atoms with E-state index in [9.17, 15) is 9.50 Å². The first-order valence-electron chi connectivity index (χ1n) is 5.98. The molecule has 1 aromatic heterocycles. The highest BCUT2D eigenvalue weighted by Gasteiger charge is 2.32. The lowest BCUT2D eigenvalue weighted by Crippen LogP contribution is -2.36. The van der Waals surface area contributed by atoms with E-state index in [1.165, 1.54) is 0 Å². The normalized spacial score (nSPS) is 25.3. The quantitative estimate of drug-likeness (QED) is 0.722. The van der Waals surface area contributed by atoms with Gasteiger partial charge in [-0.05, 0) is 32.7 Å². The molecule has 1 N–H and O–H groups in total. The van der Waals surface area contributed by atoms with Crippen LogP contribution in [-0.4, -0.2) is 28.2 Å². The number of rotatable bonds is 0. The van der Waals surface area contributed by atoms with Crippen LogP contribution in [0, 0.1) is 5.82 Å². The van der Waals surface area contributed by atoms with Crippen LogP contribution in [0.5, 0.6) is 0 Å². The van der Waals surface area contributed by atoms with E-state index in [1.807, 2.05) is 11.6 Å². The van der Waals surface area contributed by atoms with Crippen LogP contribution in [-0.2, 0) is 19.4 Å². The fourth-order valence-corrected chi connectivity index (χ4v) is 2.94. The minimum absolute atomic E-state index is 0.159. The molecule has 1 aliphatic carbocycles. The molecule has 0 saturated carbocycles. The average molecular weight is 224 g/mol. The molecule has 0 bridgehead atoms. The van der Waals surface area contributed by atoms with Gasteiger partial charge in [0.15, 0.2) is 12.0 Å². The Balaban J connectivity index is 2.16. The zero-order valence-electron chi connectivity index (χ0n) is 9.54. The van der Waals surface area contributed by atoms with E-state index < -0.39 is 6.23 Å². The van der Waals surface area contributed by atoms with Gasteiger partial charge in [-0.3, -0.25) is 4.90 Å². The van der Waals surface area contributed by atoms with E-state index in [2.05, 4.69) is 0 Å². The number of aliphatic hydroxyl groups is 1. The maximum Gasteiger partial charge on any atom is 0.151 e. The van der Waals surface area contributed by atoms with E-state index in [0.717, 1.165) is 50.0 Å². The third-order valence-electron chi connectivity index (χ3n) is 3.88. The highest BCUT2D eigenvalue weighted by Crippen LogP contribution is 2.34. The van der Waals surface area contributed by atoms with Crippen LogP contribution < -0.4 is 0 Å². The number of aromatic nitrogens is 1. The van der Waals surface area contributed by atoms with Crippen molar-refractivity contribution in [2.75, 3.05) is 13.6 Å². The smallest absolute Gasteiger partial charge is 0.151 e. The summed E-state index contributed by atoms with van der Waals surface area (Å²) >= 11 is 0. The Kier molecular flexibility index (Phi) is 2.30. The van der Waals surface area contributed by atoms with Gasteiger partial charge in [-0.15, -0.1) is 0 Å². The summed E-state index contributed by atoms with van der Waals surface area (Å²) in [5, 5.41) is 10.0. The maximum absolute atomic E-state index is 14.2. The maximum atomic E-state index is 14.2. The minimum atomic E-state index is -0.778. The summed E-state index contributed by atoms with van der Waals surface area (Å²) in [7, 11) is 1.83. The van der Waals surface area contributed by atoms with E-state index in [0.29, 0.717) is 5.69 Å². The van der Waals surface area contributed by atoms with Gasteiger partial charge >= 0.3 is 0 Å². The van der Waals surface area contributed by atoms with Crippen molar-refractivity contribution in [1.29, 1.82) is 0 Å². The lowest BCUT2D eigenvalue weighted by molar-refractivity contribution is -0.00608. The van der Waals surface area contributed by atoms with Crippen LogP contribution in [0.3, 0.4) is 0 Å². The van der Waals surface area contributed by atoms with E-state index >= 15 is 0 Å². The number of nitrogens with zero attached hydrogens (tertiary/aromatic N) is 2. The molecule has 16 heavy (non-hydrogen) atoms. The third-order valence-corrected chi connectivity index (χ3v) is 3.88. The summed E-state index contributed by atoms with van der Waals surface area (Å²) in [6.07, 6.45) is 3.22. The van der Waals surface area contributed by atoms with Crippen molar-refractivity contribution < 1.29 is 9.50 Å². The van der Waals surface area contributed by atoms with Crippen LogP contribution in [0.25, 0.3) is 0 Å².